The Morgan fingerprint density at radius 2 is 2.16 bits per heavy atom. The van der Waals surface area contributed by atoms with Gasteiger partial charge in [0.1, 0.15) is 5.25 Å². The number of hydrogen-bond donors (Lipinski definition) is 1. The molecule has 1 aliphatic rings. The van der Waals surface area contributed by atoms with Gasteiger partial charge < -0.3 is 5.32 Å². The lowest BCUT2D eigenvalue weighted by Gasteiger charge is -2.13. The predicted molar refractivity (Wildman–Crippen MR) is 79.3 cm³/mol. The Morgan fingerprint density at radius 1 is 1.42 bits per heavy atom. The Morgan fingerprint density at radius 3 is 2.74 bits per heavy atom. The first-order valence-corrected chi connectivity index (χ1v) is 7.81. The molecule has 1 N–H and O–H groups in total. The fourth-order valence-corrected chi connectivity index (χ4v) is 3.10. The van der Waals surface area contributed by atoms with Crippen molar-refractivity contribution in [1.82, 2.24) is 10.2 Å². The van der Waals surface area contributed by atoms with Crippen LogP contribution in [0.25, 0.3) is 0 Å². The quantitative estimate of drug-likeness (QED) is 0.723. The summed E-state index contributed by atoms with van der Waals surface area (Å²) in [5.41, 5.74) is 0. The smallest absolute Gasteiger partial charge is 0.242 e. The van der Waals surface area contributed by atoms with Crippen LogP contribution in [-0.4, -0.2) is 46.8 Å². The Hall–Kier alpha value is -1.04. The third-order valence-corrected chi connectivity index (χ3v) is 4.07. The molecule has 2 amide bonds. The van der Waals surface area contributed by atoms with E-state index in [-0.39, 0.29) is 23.5 Å². The zero-order chi connectivity index (χ0) is 14.3. The Labute approximate surface area is 119 Å². The van der Waals surface area contributed by atoms with Crippen LogP contribution in [-0.2, 0) is 9.59 Å². The monoisotopic (exact) mass is 285 g/mol. The van der Waals surface area contributed by atoms with Crippen LogP contribution in [0.15, 0.2) is 4.99 Å². The molecular weight excluding hydrogens is 262 g/mol. The maximum atomic E-state index is 12.1. The fraction of sp³-hybridized carbons (Fsp3) is 0.769. The van der Waals surface area contributed by atoms with Gasteiger partial charge in [-0.1, -0.05) is 25.1 Å². The van der Waals surface area contributed by atoms with Gasteiger partial charge in [0.25, 0.3) is 0 Å². The maximum Gasteiger partial charge on any atom is 0.242 e. The summed E-state index contributed by atoms with van der Waals surface area (Å²) in [6.45, 7) is 7.90. The molecule has 0 aromatic carbocycles. The molecule has 0 saturated carbocycles. The van der Waals surface area contributed by atoms with Gasteiger partial charge in [-0.15, -0.1) is 0 Å². The minimum Gasteiger partial charge on any atom is -0.356 e. The van der Waals surface area contributed by atoms with Gasteiger partial charge in [0.05, 0.1) is 0 Å². The topological polar surface area (TPSA) is 61.8 Å². The maximum absolute atomic E-state index is 12.1. The molecule has 0 unspecified atom stereocenters. The second kappa shape index (κ2) is 8.19. The number of nitrogens with one attached hydrogen (secondary N) is 1. The number of unbranched alkanes of at least 4 members (excludes halogenated alkanes) is 1. The van der Waals surface area contributed by atoms with E-state index in [2.05, 4.69) is 17.2 Å². The van der Waals surface area contributed by atoms with E-state index in [1.165, 1.54) is 11.8 Å². The van der Waals surface area contributed by atoms with E-state index in [9.17, 15) is 9.59 Å². The summed E-state index contributed by atoms with van der Waals surface area (Å²) in [6, 6.07) is 0. The molecule has 108 valence electrons. The molecule has 0 bridgehead atoms. The second-order valence-electron chi connectivity index (χ2n) is 4.35. The van der Waals surface area contributed by atoms with Crippen molar-refractivity contribution < 1.29 is 9.59 Å². The van der Waals surface area contributed by atoms with Crippen molar-refractivity contribution in [2.24, 2.45) is 4.99 Å². The molecule has 0 aromatic heterocycles. The number of carbonyl (C=O) groups excluding carboxylic acids is 2. The molecule has 1 saturated heterocycles. The highest BCUT2D eigenvalue weighted by Gasteiger charge is 2.37. The minimum absolute atomic E-state index is 0.00495. The van der Waals surface area contributed by atoms with E-state index < -0.39 is 0 Å². The molecule has 0 spiro atoms. The van der Waals surface area contributed by atoms with E-state index in [1.807, 2.05) is 13.8 Å². The third kappa shape index (κ3) is 4.53. The number of carbonyl (C=O) groups is 2. The van der Waals surface area contributed by atoms with Gasteiger partial charge >= 0.3 is 0 Å². The lowest BCUT2D eigenvalue weighted by Crippen LogP contribution is -2.34. The number of aliphatic imine (C=N–C) groups is 1. The first kappa shape index (κ1) is 16.0. The van der Waals surface area contributed by atoms with Gasteiger partial charge in [0, 0.05) is 26.1 Å². The molecular formula is C13H23N3O2S. The highest BCUT2D eigenvalue weighted by Crippen LogP contribution is 2.29. The zero-order valence-corrected chi connectivity index (χ0v) is 12.8. The van der Waals surface area contributed by atoms with Gasteiger partial charge in [0.15, 0.2) is 5.17 Å². The van der Waals surface area contributed by atoms with Crippen LogP contribution < -0.4 is 5.32 Å². The summed E-state index contributed by atoms with van der Waals surface area (Å²) in [5.74, 6) is -0.0431. The van der Waals surface area contributed by atoms with Gasteiger partial charge in [0.2, 0.25) is 11.8 Å². The summed E-state index contributed by atoms with van der Waals surface area (Å²) in [7, 11) is 0. The van der Waals surface area contributed by atoms with Crippen LogP contribution in [0.1, 0.15) is 40.0 Å². The van der Waals surface area contributed by atoms with E-state index in [0.717, 1.165) is 18.0 Å². The number of amidine groups is 1. The predicted octanol–water partition coefficient (Wildman–Crippen LogP) is 1.63. The highest BCUT2D eigenvalue weighted by molar-refractivity contribution is 8.15. The number of rotatable bonds is 7. The molecule has 0 radical (unpaired) electrons. The largest absolute Gasteiger partial charge is 0.356 e. The molecule has 1 heterocycles. The molecule has 0 aromatic rings. The van der Waals surface area contributed by atoms with Gasteiger partial charge in [-0.3, -0.25) is 19.5 Å². The van der Waals surface area contributed by atoms with Crippen molar-refractivity contribution in [3.8, 4) is 0 Å². The first-order chi connectivity index (χ1) is 9.13. The average molecular weight is 285 g/mol. The minimum atomic E-state index is -0.313. The standard InChI is InChI=1S/C13H23N3O2S/c1-4-7-8-15-11(17)9-10-12(18)16(6-3)13(19-10)14-5-2/h10H,4-9H2,1-3H3,(H,15,17)/t10-/m1/s1. The molecule has 1 fully saturated rings. The third-order valence-electron chi connectivity index (χ3n) is 2.85. The molecule has 5 nitrogen and oxygen atoms in total. The summed E-state index contributed by atoms with van der Waals surface area (Å²) in [4.78, 5) is 29.9. The zero-order valence-electron chi connectivity index (χ0n) is 11.9. The van der Waals surface area contributed by atoms with E-state index in [4.69, 9.17) is 0 Å². The van der Waals surface area contributed by atoms with Gasteiger partial charge in [-0.25, -0.2) is 0 Å². The summed E-state index contributed by atoms with van der Waals surface area (Å²) >= 11 is 1.41. The molecule has 1 rings (SSSR count). The van der Waals surface area contributed by atoms with Gasteiger partial charge in [-0.05, 0) is 20.3 Å². The summed E-state index contributed by atoms with van der Waals surface area (Å²) < 4.78 is 0. The van der Waals surface area contributed by atoms with Crippen molar-refractivity contribution in [3.05, 3.63) is 0 Å². The summed E-state index contributed by atoms with van der Waals surface area (Å²) in [6.07, 6.45) is 2.27. The van der Waals surface area contributed by atoms with Crippen molar-refractivity contribution >= 4 is 28.7 Å². The van der Waals surface area contributed by atoms with Gasteiger partial charge in [-0.2, -0.15) is 0 Å². The van der Waals surface area contributed by atoms with Crippen molar-refractivity contribution in [1.29, 1.82) is 0 Å². The summed E-state index contributed by atoms with van der Waals surface area (Å²) in [5, 5.41) is 3.29. The molecule has 0 aliphatic carbocycles. The lowest BCUT2D eigenvalue weighted by molar-refractivity contribution is -0.129. The van der Waals surface area contributed by atoms with Crippen molar-refractivity contribution in [2.75, 3.05) is 19.6 Å². The first-order valence-electron chi connectivity index (χ1n) is 6.93. The number of amides is 2. The van der Waals surface area contributed by atoms with Crippen LogP contribution in [0.2, 0.25) is 0 Å². The molecule has 1 aliphatic heterocycles. The second-order valence-corrected chi connectivity index (χ2v) is 5.52. The van der Waals surface area contributed by atoms with Crippen LogP contribution in [0.4, 0.5) is 0 Å². The average Bonchev–Trinajstić information content (AvgIpc) is 2.66. The number of thioether (sulfide) groups is 1. The lowest BCUT2D eigenvalue weighted by atomic mass is 10.2. The van der Waals surface area contributed by atoms with Crippen LogP contribution in [0.3, 0.4) is 0 Å². The van der Waals surface area contributed by atoms with Crippen LogP contribution in [0.5, 0.6) is 0 Å². The van der Waals surface area contributed by atoms with Crippen molar-refractivity contribution in [3.63, 3.8) is 0 Å². The Bertz CT molecular complexity index is 358. The van der Waals surface area contributed by atoms with Crippen molar-refractivity contribution in [2.45, 2.75) is 45.3 Å². The number of hydrogen-bond acceptors (Lipinski definition) is 4. The van der Waals surface area contributed by atoms with E-state index in [1.54, 1.807) is 4.90 Å². The highest BCUT2D eigenvalue weighted by atomic mass is 32.2. The SMILES string of the molecule is CCCCNC(=O)C[C@H]1SC(=NCC)N(CC)C1=O. The van der Waals surface area contributed by atoms with Crippen LogP contribution in [0, 0.1) is 0 Å². The number of nitrogens with zero attached hydrogens (tertiary/aromatic N) is 2. The van der Waals surface area contributed by atoms with E-state index in [0.29, 0.717) is 19.6 Å². The molecule has 1 atom stereocenters. The normalized spacial score (nSPS) is 21.2. The fourth-order valence-electron chi connectivity index (χ4n) is 1.83. The Balaban J connectivity index is 2.53. The van der Waals surface area contributed by atoms with E-state index >= 15 is 0 Å². The van der Waals surface area contributed by atoms with Crippen LogP contribution >= 0.6 is 11.8 Å². The molecule has 19 heavy (non-hydrogen) atoms. The Kier molecular flexibility index (Phi) is 6.91. The molecule has 6 heteroatoms.